The lowest BCUT2D eigenvalue weighted by atomic mass is 10.3. The van der Waals surface area contributed by atoms with Crippen LogP contribution in [0.5, 0.6) is 0 Å². The summed E-state index contributed by atoms with van der Waals surface area (Å²) >= 11 is 0. The SMILES string of the molecule is Nc1cncc(N(CC(F)(F)F)C2CC2)c1. The molecule has 1 aromatic heterocycles. The van der Waals surface area contributed by atoms with Crippen LogP contribution in [0.3, 0.4) is 0 Å². The van der Waals surface area contributed by atoms with Crippen molar-refractivity contribution in [3.63, 3.8) is 0 Å². The fraction of sp³-hybridized carbons (Fsp3) is 0.500. The maximum absolute atomic E-state index is 12.4. The number of rotatable bonds is 3. The van der Waals surface area contributed by atoms with E-state index >= 15 is 0 Å². The zero-order valence-electron chi connectivity index (χ0n) is 8.54. The van der Waals surface area contributed by atoms with Crippen LogP contribution in [0.25, 0.3) is 0 Å². The molecular weight excluding hydrogens is 219 g/mol. The van der Waals surface area contributed by atoms with Gasteiger partial charge in [-0.15, -0.1) is 0 Å². The molecule has 16 heavy (non-hydrogen) atoms. The molecule has 1 saturated carbocycles. The van der Waals surface area contributed by atoms with Crippen LogP contribution in [0.15, 0.2) is 18.5 Å². The van der Waals surface area contributed by atoms with Gasteiger partial charge in [0.25, 0.3) is 0 Å². The van der Waals surface area contributed by atoms with Crippen molar-refractivity contribution in [3.05, 3.63) is 18.5 Å². The van der Waals surface area contributed by atoms with Crippen LogP contribution < -0.4 is 10.6 Å². The molecule has 1 aromatic rings. The van der Waals surface area contributed by atoms with Crippen molar-refractivity contribution >= 4 is 11.4 Å². The summed E-state index contributed by atoms with van der Waals surface area (Å²) in [6.45, 7) is -0.942. The Balaban J connectivity index is 2.19. The zero-order chi connectivity index (χ0) is 11.8. The molecule has 88 valence electrons. The van der Waals surface area contributed by atoms with E-state index in [4.69, 9.17) is 5.73 Å². The van der Waals surface area contributed by atoms with E-state index in [9.17, 15) is 13.2 Å². The lowest BCUT2D eigenvalue weighted by molar-refractivity contribution is -0.120. The first kappa shape index (κ1) is 11.0. The minimum atomic E-state index is -4.20. The Morgan fingerprint density at radius 2 is 2.06 bits per heavy atom. The van der Waals surface area contributed by atoms with Gasteiger partial charge in [0, 0.05) is 12.2 Å². The molecule has 0 aromatic carbocycles. The average molecular weight is 231 g/mol. The Labute approximate surface area is 91.1 Å². The first-order valence-electron chi connectivity index (χ1n) is 4.99. The molecule has 0 unspecified atom stereocenters. The Kier molecular flexibility index (Phi) is 2.65. The highest BCUT2D eigenvalue weighted by atomic mass is 19.4. The van der Waals surface area contributed by atoms with E-state index in [0.717, 1.165) is 12.8 Å². The summed E-state index contributed by atoms with van der Waals surface area (Å²) < 4.78 is 37.2. The number of pyridine rings is 1. The molecule has 1 aliphatic rings. The van der Waals surface area contributed by atoms with Gasteiger partial charge in [-0.1, -0.05) is 0 Å². The fourth-order valence-corrected chi connectivity index (χ4v) is 1.61. The molecular formula is C10H12F3N3. The summed E-state index contributed by atoms with van der Waals surface area (Å²) in [5.74, 6) is 0. The van der Waals surface area contributed by atoms with Crippen molar-refractivity contribution in [2.75, 3.05) is 17.2 Å². The summed E-state index contributed by atoms with van der Waals surface area (Å²) in [6, 6.07) is 1.50. The van der Waals surface area contributed by atoms with Gasteiger partial charge in [-0.25, -0.2) is 0 Å². The van der Waals surface area contributed by atoms with Crippen LogP contribution in [0.4, 0.5) is 24.5 Å². The second kappa shape index (κ2) is 3.84. The molecule has 1 heterocycles. The third-order valence-corrected chi connectivity index (χ3v) is 2.41. The molecule has 1 aliphatic carbocycles. The zero-order valence-corrected chi connectivity index (χ0v) is 8.54. The molecule has 6 heteroatoms. The lowest BCUT2D eigenvalue weighted by Gasteiger charge is -2.25. The highest BCUT2D eigenvalue weighted by Crippen LogP contribution is 2.34. The van der Waals surface area contributed by atoms with Crippen molar-refractivity contribution in [2.24, 2.45) is 0 Å². The monoisotopic (exact) mass is 231 g/mol. The number of nitrogens with two attached hydrogens (primary N) is 1. The van der Waals surface area contributed by atoms with Gasteiger partial charge in [0.1, 0.15) is 6.54 Å². The standard InChI is InChI=1S/C10H12F3N3/c11-10(12,13)6-16(8-1-2-8)9-3-7(14)4-15-5-9/h3-5,8H,1-2,6,14H2. The molecule has 1 fully saturated rings. The van der Waals surface area contributed by atoms with Gasteiger partial charge in [0.2, 0.25) is 0 Å². The van der Waals surface area contributed by atoms with E-state index in [2.05, 4.69) is 4.98 Å². The normalized spacial score (nSPS) is 16.2. The third-order valence-electron chi connectivity index (χ3n) is 2.41. The van der Waals surface area contributed by atoms with Crippen molar-refractivity contribution in [1.82, 2.24) is 4.98 Å². The number of anilines is 2. The van der Waals surface area contributed by atoms with E-state index in [-0.39, 0.29) is 6.04 Å². The van der Waals surface area contributed by atoms with E-state index in [1.807, 2.05) is 0 Å². The van der Waals surface area contributed by atoms with Gasteiger partial charge in [0.05, 0.1) is 17.6 Å². The molecule has 0 saturated heterocycles. The van der Waals surface area contributed by atoms with Crippen LogP contribution in [0.1, 0.15) is 12.8 Å². The Bertz CT molecular complexity index is 374. The van der Waals surface area contributed by atoms with Crippen LogP contribution in [0.2, 0.25) is 0 Å². The molecule has 0 bridgehead atoms. The lowest BCUT2D eigenvalue weighted by Crippen LogP contribution is -2.36. The molecule has 0 spiro atoms. The number of hydrogen-bond acceptors (Lipinski definition) is 3. The topological polar surface area (TPSA) is 42.1 Å². The molecule has 0 amide bonds. The highest BCUT2D eigenvalue weighted by Gasteiger charge is 2.38. The molecule has 0 atom stereocenters. The van der Waals surface area contributed by atoms with Gasteiger partial charge in [-0.05, 0) is 18.9 Å². The van der Waals surface area contributed by atoms with Gasteiger partial charge >= 0.3 is 6.18 Å². The van der Waals surface area contributed by atoms with Gasteiger partial charge < -0.3 is 10.6 Å². The fourth-order valence-electron chi connectivity index (χ4n) is 1.61. The second-order valence-electron chi connectivity index (χ2n) is 3.95. The summed E-state index contributed by atoms with van der Waals surface area (Å²) in [7, 11) is 0. The molecule has 0 aliphatic heterocycles. The quantitative estimate of drug-likeness (QED) is 0.867. The third kappa shape index (κ3) is 2.77. The second-order valence-corrected chi connectivity index (χ2v) is 3.95. The summed E-state index contributed by atoms with van der Waals surface area (Å²) in [5, 5.41) is 0. The number of halogens is 3. The van der Waals surface area contributed by atoms with E-state index in [1.165, 1.54) is 23.4 Å². The number of nitrogens with zero attached hydrogens (tertiary/aromatic N) is 2. The number of nitrogen functional groups attached to an aromatic ring is 1. The predicted octanol–water partition coefficient (Wildman–Crippen LogP) is 2.19. The Hall–Kier alpha value is -1.46. The minimum Gasteiger partial charge on any atom is -0.397 e. The van der Waals surface area contributed by atoms with Crippen LogP contribution in [0, 0.1) is 0 Å². The van der Waals surface area contributed by atoms with E-state index in [1.54, 1.807) is 0 Å². The van der Waals surface area contributed by atoms with Crippen molar-refractivity contribution in [2.45, 2.75) is 25.1 Å². The predicted molar refractivity (Wildman–Crippen MR) is 55.1 cm³/mol. The average Bonchev–Trinajstić information content (AvgIpc) is 2.96. The number of hydrogen-bond donors (Lipinski definition) is 1. The minimum absolute atomic E-state index is 0.0229. The van der Waals surface area contributed by atoms with Gasteiger partial charge in [0.15, 0.2) is 0 Å². The Morgan fingerprint density at radius 1 is 1.38 bits per heavy atom. The molecule has 2 N–H and O–H groups in total. The highest BCUT2D eigenvalue weighted by molar-refractivity contribution is 5.54. The molecule has 0 radical (unpaired) electrons. The van der Waals surface area contributed by atoms with Crippen molar-refractivity contribution in [1.29, 1.82) is 0 Å². The van der Waals surface area contributed by atoms with Crippen LogP contribution in [-0.2, 0) is 0 Å². The number of alkyl halides is 3. The first-order chi connectivity index (χ1) is 7.46. The summed E-state index contributed by atoms with van der Waals surface area (Å²) in [6.07, 6.45) is 0.228. The summed E-state index contributed by atoms with van der Waals surface area (Å²) in [5.41, 5.74) is 6.33. The van der Waals surface area contributed by atoms with Crippen LogP contribution in [-0.4, -0.2) is 23.7 Å². The van der Waals surface area contributed by atoms with E-state index < -0.39 is 12.7 Å². The smallest absolute Gasteiger partial charge is 0.397 e. The molecule has 2 rings (SSSR count). The summed E-state index contributed by atoms with van der Waals surface area (Å²) in [4.78, 5) is 5.13. The first-order valence-corrected chi connectivity index (χ1v) is 4.99. The number of aromatic nitrogens is 1. The van der Waals surface area contributed by atoms with E-state index in [0.29, 0.717) is 11.4 Å². The Morgan fingerprint density at radius 3 is 2.56 bits per heavy atom. The van der Waals surface area contributed by atoms with Crippen molar-refractivity contribution < 1.29 is 13.2 Å². The van der Waals surface area contributed by atoms with Gasteiger partial charge in [-0.2, -0.15) is 13.2 Å². The van der Waals surface area contributed by atoms with Gasteiger partial charge in [-0.3, -0.25) is 4.98 Å². The van der Waals surface area contributed by atoms with Crippen LogP contribution >= 0.6 is 0 Å². The van der Waals surface area contributed by atoms with Crippen molar-refractivity contribution in [3.8, 4) is 0 Å². The maximum atomic E-state index is 12.4. The molecule has 3 nitrogen and oxygen atoms in total. The largest absolute Gasteiger partial charge is 0.405 e. The maximum Gasteiger partial charge on any atom is 0.405 e.